The van der Waals surface area contributed by atoms with Crippen LogP contribution in [0.5, 0.6) is 0 Å². The van der Waals surface area contributed by atoms with E-state index in [2.05, 4.69) is 21.7 Å². The maximum Gasteiger partial charge on any atom is 0.276 e. The number of hydrogen-bond acceptors (Lipinski definition) is 5. The van der Waals surface area contributed by atoms with Crippen molar-refractivity contribution in [3.63, 3.8) is 0 Å². The number of piperazine rings is 1. The van der Waals surface area contributed by atoms with E-state index in [0.29, 0.717) is 24.7 Å². The Balaban J connectivity index is 1.28. The molecule has 0 spiro atoms. The summed E-state index contributed by atoms with van der Waals surface area (Å²) < 4.78 is 19.4. The molecule has 7 heteroatoms. The second kappa shape index (κ2) is 9.05. The van der Waals surface area contributed by atoms with E-state index in [4.69, 9.17) is 4.42 Å². The van der Waals surface area contributed by atoms with Gasteiger partial charge in [0.25, 0.3) is 5.91 Å². The normalized spacial score (nSPS) is 21.4. The van der Waals surface area contributed by atoms with Gasteiger partial charge in [-0.25, -0.2) is 9.37 Å². The van der Waals surface area contributed by atoms with Gasteiger partial charge in [-0.05, 0) is 32.3 Å². The molecule has 6 nitrogen and oxygen atoms in total. The van der Waals surface area contributed by atoms with Gasteiger partial charge in [0.05, 0.1) is 6.54 Å². The average Bonchev–Trinajstić information content (AvgIpc) is 3.19. The van der Waals surface area contributed by atoms with Gasteiger partial charge in [0.15, 0.2) is 5.69 Å². The first-order chi connectivity index (χ1) is 14.1. The van der Waals surface area contributed by atoms with Gasteiger partial charge in [-0.1, -0.05) is 18.2 Å². The molecule has 1 unspecified atom stereocenters. The average molecular weight is 400 g/mol. The van der Waals surface area contributed by atoms with Crippen molar-refractivity contribution in [1.82, 2.24) is 19.7 Å². The lowest BCUT2D eigenvalue weighted by Gasteiger charge is -2.34. The van der Waals surface area contributed by atoms with Gasteiger partial charge >= 0.3 is 0 Å². The zero-order chi connectivity index (χ0) is 20.2. The lowest BCUT2D eigenvalue weighted by atomic mass is 10.0. The highest BCUT2D eigenvalue weighted by molar-refractivity contribution is 5.92. The van der Waals surface area contributed by atoms with Crippen LogP contribution in [0.25, 0.3) is 0 Å². The molecule has 4 rings (SSSR count). The summed E-state index contributed by atoms with van der Waals surface area (Å²) >= 11 is 0. The van der Waals surface area contributed by atoms with E-state index in [1.54, 1.807) is 6.07 Å². The van der Waals surface area contributed by atoms with Gasteiger partial charge in [-0.2, -0.15) is 0 Å². The standard InChI is InChI=1S/C22H29FN4O2/c1-17-6-4-5-9-27(17)22(28)20-16-29-21(24-20)15-26-12-10-25(11-13-26)14-18-7-2-3-8-19(18)23/h2-3,7-8,16-17H,4-6,9-15H2,1H3. The number of amides is 1. The van der Waals surface area contributed by atoms with E-state index >= 15 is 0 Å². The number of oxazole rings is 1. The zero-order valence-corrected chi connectivity index (χ0v) is 17.0. The Kier molecular flexibility index (Phi) is 6.25. The molecule has 156 valence electrons. The minimum Gasteiger partial charge on any atom is -0.447 e. The predicted octanol–water partition coefficient (Wildman–Crippen LogP) is 3.15. The highest BCUT2D eigenvalue weighted by atomic mass is 19.1. The van der Waals surface area contributed by atoms with Crippen molar-refractivity contribution in [3.8, 4) is 0 Å². The molecular weight excluding hydrogens is 371 g/mol. The quantitative estimate of drug-likeness (QED) is 0.772. The molecule has 0 saturated carbocycles. The maximum absolute atomic E-state index is 13.8. The van der Waals surface area contributed by atoms with Crippen molar-refractivity contribution in [2.75, 3.05) is 32.7 Å². The van der Waals surface area contributed by atoms with Crippen LogP contribution in [0.2, 0.25) is 0 Å². The predicted molar refractivity (Wildman–Crippen MR) is 108 cm³/mol. The third-order valence-corrected chi connectivity index (χ3v) is 6.01. The number of piperidine rings is 1. The topological polar surface area (TPSA) is 52.8 Å². The number of carbonyl (C=O) groups is 1. The molecule has 3 heterocycles. The first-order valence-electron chi connectivity index (χ1n) is 10.5. The fraction of sp³-hybridized carbons (Fsp3) is 0.545. The summed E-state index contributed by atoms with van der Waals surface area (Å²) in [5, 5.41) is 0. The Morgan fingerprint density at radius 3 is 2.55 bits per heavy atom. The highest BCUT2D eigenvalue weighted by Gasteiger charge is 2.27. The lowest BCUT2D eigenvalue weighted by Crippen LogP contribution is -2.45. The number of aromatic nitrogens is 1. The smallest absolute Gasteiger partial charge is 0.276 e. The van der Waals surface area contributed by atoms with Gasteiger partial charge in [0.2, 0.25) is 5.89 Å². The van der Waals surface area contributed by atoms with E-state index in [1.165, 1.54) is 18.8 Å². The molecule has 0 aliphatic carbocycles. The summed E-state index contributed by atoms with van der Waals surface area (Å²) in [6.07, 6.45) is 4.77. The Labute approximate surface area is 171 Å². The Morgan fingerprint density at radius 2 is 1.83 bits per heavy atom. The molecule has 0 radical (unpaired) electrons. The summed E-state index contributed by atoms with van der Waals surface area (Å²) in [4.78, 5) is 23.6. The van der Waals surface area contributed by atoms with Gasteiger partial charge in [-0.15, -0.1) is 0 Å². The van der Waals surface area contributed by atoms with Crippen molar-refractivity contribution in [3.05, 3.63) is 53.5 Å². The molecule has 0 bridgehead atoms. The molecule has 2 saturated heterocycles. The number of carbonyl (C=O) groups excluding carboxylic acids is 1. The number of hydrogen-bond donors (Lipinski definition) is 0. The first kappa shape index (κ1) is 20.0. The number of benzene rings is 1. The Morgan fingerprint density at radius 1 is 1.10 bits per heavy atom. The monoisotopic (exact) mass is 400 g/mol. The molecule has 1 aromatic heterocycles. The maximum atomic E-state index is 13.8. The molecule has 1 atom stereocenters. The Hall–Kier alpha value is -2.25. The van der Waals surface area contributed by atoms with Gasteiger partial charge in [0.1, 0.15) is 12.1 Å². The zero-order valence-electron chi connectivity index (χ0n) is 17.0. The van der Waals surface area contributed by atoms with E-state index in [9.17, 15) is 9.18 Å². The second-order valence-electron chi connectivity index (χ2n) is 8.11. The van der Waals surface area contributed by atoms with Crippen molar-refractivity contribution >= 4 is 5.91 Å². The lowest BCUT2D eigenvalue weighted by molar-refractivity contribution is 0.0629. The summed E-state index contributed by atoms with van der Waals surface area (Å²) in [6.45, 7) is 7.58. The van der Waals surface area contributed by atoms with Gasteiger partial charge in [0, 0.05) is 50.9 Å². The van der Waals surface area contributed by atoms with Crippen LogP contribution < -0.4 is 0 Å². The van der Waals surface area contributed by atoms with E-state index in [0.717, 1.165) is 51.1 Å². The van der Waals surface area contributed by atoms with E-state index < -0.39 is 0 Å². The second-order valence-corrected chi connectivity index (χ2v) is 8.11. The fourth-order valence-electron chi connectivity index (χ4n) is 4.19. The van der Waals surface area contributed by atoms with Crippen LogP contribution in [0.15, 0.2) is 34.9 Å². The summed E-state index contributed by atoms with van der Waals surface area (Å²) in [5.41, 5.74) is 1.15. The van der Waals surface area contributed by atoms with Crippen molar-refractivity contribution < 1.29 is 13.6 Å². The number of rotatable bonds is 5. The summed E-state index contributed by atoms with van der Waals surface area (Å²) in [6, 6.07) is 7.21. The third-order valence-electron chi connectivity index (χ3n) is 6.01. The SMILES string of the molecule is CC1CCCCN1C(=O)c1coc(CN2CCN(Cc3ccccc3F)CC2)n1. The van der Waals surface area contributed by atoms with Crippen LogP contribution in [0.3, 0.4) is 0 Å². The minimum atomic E-state index is -0.144. The van der Waals surface area contributed by atoms with Gasteiger partial charge in [-0.3, -0.25) is 14.6 Å². The molecule has 2 aliphatic rings. The third kappa shape index (κ3) is 4.85. The van der Waals surface area contributed by atoms with Crippen LogP contribution in [0.4, 0.5) is 4.39 Å². The van der Waals surface area contributed by atoms with Crippen molar-refractivity contribution in [2.45, 2.75) is 45.3 Å². The van der Waals surface area contributed by atoms with E-state index in [1.807, 2.05) is 17.0 Å². The molecule has 2 aliphatic heterocycles. The van der Waals surface area contributed by atoms with Crippen molar-refractivity contribution in [2.24, 2.45) is 0 Å². The molecule has 2 fully saturated rings. The molecule has 1 amide bonds. The Bertz CT molecular complexity index is 832. The molecule has 0 N–H and O–H groups in total. The van der Waals surface area contributed by atoms with E-state index in [-0.39, 0.29) is 17.8 Å². The fourth-order valence-corrected chi connectivity index (χ4v) is 4.19. The van der Waals surface area contributed by atoms with Crippen LogP contribution in [0.1, 0.15) is 48.1 Å². The molecular formula is C22H29FN4O2. The molecule has 29 heavy (non-hydrogen) atoms. The number of nitrogens with zero attached hydrogens (tertiary/aromatic N) is 4. The molecule has 1 aromatic carbocycles. The van der Waals surface area contributed by atoms with Crippen molar-refractivity contribution in [1.29, 1.82) is 0 Å². The first-order valence-corrected chi connectivity index (χ1v) is 10.5. The van der Waals surface area contributed by atoms with Crippen LogP contribution in [-0.4, -0.2) is 64.4 Å². The molecule has 2 aromatic rings. The largest absolute Gasteiger partial charge is 0.447 e. The highest BCUT2D eigenvalue weighted by Crippen LogP contribution is 2.20. The number of halogens is 1. The van der Waals surface area contributed by atoms with Crippen LogP contribution in [-0.2, 0) is 13.1 Å². The van der Waals surface area contributed by atoms with Crippen LogP contribution >= 0.6 is 0 Å². The minimum absolute atomic E-state index is 0.0260. The summed E-state index contributed by atoms with van der Waals surface area (Å²) in [7, 11) is 0. The summed E-state index contributed by atoms with van der Waals surface area (Å²) in [5.74, 6) is 0.414. The number of likely N-dealkylation sites (tertiary alicyclic amines) is 1. The van der Waals surface area contributed by atoms with Gasteiger partial charge < -0.3 is 9.32 Å². The van der Waals surface area contributed by atoms with Crippen LogP contribution in [0, 0.1) is 5.82 Å².